The molecule has 29 heavy (non-hydrogen) atoms. The fourth-order valence-corrected chi connectivity index (χ4v) is 3.97. The van der Waals surface area contributed by atoms with Crippen molar-refractivity contribution < 1.29 is 19.2 Å². The van der Waals surface area contributed by atoms with Gasteiger partial charge in [0.25, 0.3) is 0 Å². The van der Waals surface area contributed by atoms with Crippen LogP contribution in [-0.2, 0) is 14.4 Å². The molecular formula is C20H33N5O4. The van der Waals surface area contributed by atoms with E-state index in [1.807, 2.05) is 0 Å². The van der Waals surface area contributed by atoms with E-state index in [2.05, 4.69) is 10.6 Å². The van der Waals surface area contributed by atoms with Crippen molar-refractivity contribution >= 4 is 23.8 Å². The molecule has 0 radical (unpaired) electrons. The van der Waals surface area contributed by atoms with E-state index in [1.165, 1.54) is 29.3 Å². The summed E-state index contributed by atoms with van der Waals surface area (Å²) in [7, 11) is 1.48. The Morgan fingerprint density at radius 3 is 2.28 bits per heavy atom. The first kappa shape index (κ1) is 22.7. The van der Waals surface area contributed by atoms with Crippen molar-refractivity contribution in [1.29, 1.82) is 0 Å². The van der Waals surface area contributed by atoms with Crippen LogP contribution in [0.4, 0.5) is 4.79 Å². The normalized spacial score (nSPS) is 22.0. The first-order valence-electron chi connectivity index (χ1n) is 10.2. The zero-order chi connectivity index (χ0) is 21.6. The molecule has 2 fully saturated rings. The third kappa shape index (κ3) is 6.76. The number of rotatable bonds is 6. The minimum atomic E-state index is -0.748. The van der Waals surface area contributed by atoms with Crippen LogP contribution in [0, 0.1) is 0 Å². The van der Waals surface area contributed by atoms with Crippen molar-refractivity contribution in [2.24, 2.45) is 5.73 Å². The number of nitrogens with two attached hydrogens (primary N) is 1. The molecule has 9 nitrogen and oxygen atoms in total. The molecule has 2 aliphatic rings. The van der Waals surface area contributed by atoms with Crippen LogP contribution >= 0.6 is 0 Å². The molecular weight excluding hydrogens is 374 g/mol. The Bertz CT molecular complexity index is 668. The number of nitrogens with one attached hydrogen (secondary N) is 2. The van der Waals surface area contributed by atoms with Gasteiger partial charge in [-0.1, -0.05) is 24.8 Å². The number of nitrogens with zero attached hydrogens (tertiary/aromatic N) is 2. The third-order valence-corrected chi connectivity index (χ3v) is 5.33. The quantitative estimate of drug-likeness (QED) is 0.554. The summed E-state index contributed by atoms with van der Waals surface area (Å²) in [6.07, 6.45) is 7.14. The van der Waals surface area contributed by atoms with Crippen molar-refractivity contribution in [2.75, 3.05) is 20.1 Å². The number of carbonyl (C=O) groups excluding carboxylic acids is 4. The molecule has 1 saturated carbocycles. The number of amides is 5. The van der Waals surface area contributed by atoms with Crippen LogP contribution in [-0.4, -0.2) is 71.8 Å². The molecule has 4 N–H and O–H groups in total. The minimum absolute atomic E-state index is 0.174. The number of hydrogen-bond donors (Lipinski definition) is 3. The van der Waals surface area contributed by atoms with E-state index >= 15 is 0 Å². The van der Waals surface area contributed by atoms with Crippen molar-refractivity contribution in [3.8, 4) is 0 Å². The third-order valence-electron chi connectivity index (χ3n) is 5.33. The van der Waals surface area contributed by atoms with Crippen LogP contribution in [0.5, 0.6) is 0 Å². The molecule has 2 atom stereocenters. The Morgan fingerprint density at radius 1 is 1.07 bits per heavy atom. The topological polar surface area (TPSA) is 125 Å². The van der Waals surface area contributed by atoms with Crippen LogP contribution in [0.3, 0.4) is 0 Å². The lowest BCUT2D eigenvalue weighted by Crippen LogP contribution is -2.48. The maximum absolute atomic E-state index is 12.8. The summed E-state index contributed by atoms with van der Waals surface area (Å²) in [6.45, 7) is 3.62. The first-order chi connectivity index (χ1) is 13.7. The molecule has 1 saturated heterocycles. The number of likely N-dealkylation sites (N-methyl/N-ethyl adjacent to an activating group) is 1. The summed E-state index contributed by atoms with van der Waals surface area (Å²) in [5, 5.41) is 5.89. The number of likely N-dealkylation sites (tertiary alicyclic amines) is 1. The highest BCUT2D eigenvalue weighted by Crippen LogP contribution is 2.21. The second-order valence-corrected chi connectivity index (χ2v) is 8.27. The van der Waals surface area contributed by atoms with Crippen LogP contribution in [0.15, 0.2) is 11.6 Å². The van der Waals surface area contributed by atoms with Crippen molar-refractivity contribution in [3.63, 3.8) is 0 Å². The average Bonchev–Trinajstić information content (AvgIpc) is 3.04. The fourth-order valence-electron chi connectivity index (χ4n) is 3.97. The number of allylic oxidation sites excluding steroid dienone is 1. The monoisotopic (exact) mass is 407 g/mol. The maximum Gasteiger partial charge on any atom is 0.315 e. The Kier molecular flexibility index (Phi) is 8.04. The number of carbonyl (C=O) groups is 4. The molecule has 9 heteroatoms. The number of urea groups is 1. The molecule has 2 unspecified atom stereocenters. The Morgan fingerprint density at radius 2 is 1.69 bits per heavy atom. The summed E-state index contributed by atoms with van der Waals surface area (Å²) >= 11 is 0. The van der Waals surface area contributed by atoms with Crippen LogP contribution < -0.4 is 16.4 Å². The van der Waals surface area contributed by atoms with E-state index < -0.39 is 11.9 Å². The van der Waals surface area contributed by atoms with Gasteiger partial charge in [0.2, 0.25) is 17.7 Å². The van der Waals surface area contributed by atoms with Gasteiger partial charge in [0, 0.05) is 25.7 Å². The van der Waals surface area contributed by atoms with E-state index in [-0.39, 0.29) is 43.0 Å². The molecule has 2 rings (SSSR count). The second kappa shape index (κ2) is 10.3. The van der Waals surface area contributed by atoms with Gasteiger partial charge in [0.15, 0.2) is 0 Å². The molecule has 1 aliphatic heterocycles. The molecule has 0 aromatic carbocycles. The summed E-state index contributed by atoms with van der Waals surface area (Å²) in [5.41, 5.74) is 6.00. The summed E-state index contributed by atoms with van der Waals surface area (Å²) < 4.78 is 0. The predicted molar refractivity (Wildman–Crippen MR) is 109 cm³/mol. The Balaban J connectivity index is 2.04. The van der Waals surface area contributed by atoms with Gasteiger partial charge in [0.1, 0.15) is 6.04 Å². The van der Waals surface area contributed by atoms with E-state index in [4.69, 9.17) is 5.73 Å². The molecule has 0 bridgehead atoms. The molecule has 0 spiro atoms. The van der Waals surface area contributed by atoms with Gasteiger partial charge in [-0.15, -0.1) is 0 Å². The lowest BCUT2D eigenvalue weighted by atomic mass is 9.96. The van der Waals surface area contributed by atoms with Crippen molar-refractivity contribution in [3.05, 3.63) is 11.6 Å². The SMILES string of the molecule is CC(C)=CC(=O)N1CC(NC(=O)NC2CCCCC2)CC1C(=O)N(C)CC(N)=O. The van der Waals surface area contributed by atoms with E-state index in [1.54, 1.807) is 13.8 Å². The van der Waals surface area contributed by atoms with Gasteiger partial charge in [-0.05, 0) is 33.1 Å². The standard InChI is InChI=1S/C20H33N5O4/c1-13(2)9-18(27)25-11-15(10-16(25)19(28)24(3)12-17(21)26)23-20(29)22-14-7-5-4-6-8-14/h9,14-16H,4-8,10-12H2,1-3H3,(H2,21,26)(H2,22,23,29). The van der Waals surface area contributed by atoms with Gasteiger partial charge in [-0.25, -0.2) is 4.79 Å². The average molecular weight is 408 g/mol. The lowest BCUT2D eigenvalue weighted by molar-refractivity contribution is -0.142. The zero-order valence-electron chi connectivity index (χ0n) is 17.6. The number of primary amides is 1. The first-order valence-corrected chi connectivity index (χ1v) is 10.2. The van der Waals surface area contributed by atoms with E-state index in [0.717, 1.165) is 31.3 Å². The molecule has 1 heterocycles. The van der Waals surface area contributed by atoms with Gasteiger partial charge in [-0.3, -0.25) is 14.4 Å². The van der Waals surface area contributed by atoms with E-state index in [0.29, 0.717) is 6.42 Å². The molecule has 5 amide bonds. The molecule has 162 valence electrons. The minimum Gasteiger partial charge on any atom is -0.368 e. The van der Waals surface area contributed by atoms with Gasteiger partial charge < -0.3 is 26.2 Å². The highest BCUT2D eigenvalue weighted by molar-refractivity contribution is 5.95. The Labute approximate surface area is 172 Å². The van der Waals surface area contributed by atoms with Crippen molar-refractivity contribution in [1.82, 2.24) is 20.4 Å². The van der Waals surface area contributed by atoms with Gasteiger partial charge >= 0.3 is 6.03 Å². The smallest absolute Gasteiger partial charge is 0.315 e. The second-order valence-electron chi connectivity index (χ2n) is 8.27. The summed E-state index contributed by atoms with van der Waals surface area (Å²) in [6, 6.07) is -1.19. The van der Waals surface area contributed by atoms with Crippen LogP contribution in [0.2, 0.25) is 0 Å². The largest absolute Gasteiger partial charge is 0.368 e. The maximum atomic E-state index is 12.8. The lowest BCUT2D eigenvalue weighted by Gasteiger charge is -2.26. The molecule has 0 aromatic rings. The highest BCUT2D eigenvalue weighted by Gasteiger charge is 2.41. The molecule has 0 aromatic heterocycles. The highest BCUT2D eigenvalue weighted by atomic mass is 16.2. The Hall–Kier alpha value is -2.58. The van der Waals surface area contributed by atoms with Gasteiger partial charge in [0.05, 0.1) is 12.6 Å². The number of hydrogen-bond acceptors (Lipinski definition) is 4. The van der Waals surface area contributed by atoms with Crippen molar-refractivity contribution in [2.45, 2.75) is 70.5 Å². The fraction of sp³-hybridized carbons (Fsp3) is 0.700. The molecule has 1 aliphatic carbocycles. The summed E-state index contributed by atoms with van der Waals surface area (Å²) in [4.78, 5) is 51.7. The van der Waals surface area contributed by atoms with Crippen LogP contribution in [0.1, 0.15) is 52.4 Å². The van der Waals surface area contributed by atoms with Gasteiger partial charge in [-0.2, -0.15) is 0 Å². The summed E-state index contributed by atoms with van der Waals surface area (Å²) in [5.74, 6) is -1.27. The van der Waals surface area contributed by atoms with E-state index in [9.17, 15) is 19.2 Å². The predicted octanol–water partition coefficient (Wildman–Crippen LogP) is 0.498. The zero-order valence-corrected chi connectivity index (χ0v) is 17.6. The van der Waals surface area contributed by atoms with Crippen LogP contribution in [0.25, 0.3) is 0 Å².